The molecule has 7 heteroatoms. The fourth-order valence-corrected chi connectivity index (χ4v) is 3.96. The standard InChI is InChI=1S/C28H30O7/c1-31-28-24(29)26(35-27(30)22-15-9-4-10-16-22)25(33-18-21-13-7-3-8-14-21)23(34-28)19-32-17-20-11-5-2-6-12-20/h2-16,23-26,28-29H,17-19H2,1H3/t23-,24-,25-,26-,28-/m0/s1. The Labute approximate surface area is 205 Å². The van der Waals surface area contributed by atoms with E-state index in [-0.39, 0.29) is 13.2 Å². The lowest BCUT2D eigenvalue weighted by Gasteiger charge is -2.43. The predicted octanol–water partition coefficient (Wildman–Crippen LogP) is 3.75. The van der Waals surface area contributed by atoms with Crippen molar-refractivity contribution in [2.24, 2.45) is 0 Å². The van der Waals surface area contributed by atoms with Crippen LogP contribution in [0.15, 0.2) is 91.0 Å². The van der Waals surface area contributed by atoms with Crippen LogP contribution in [0.25, 0.3) is 0 Å². The van der Waals surface area contributed by atoms with Gasteiger partial charge in [-0.15, -0.1) is 0 Å². The minimum atomic E-state index is -1.25. The van der Waals surface area contributed by atoms with E-state index in [1.807, 2.05) is 66.7 Å². The Balaban J connectivity index is 1.53. The number of hydrogen-bond acceptors (Lipinski definition) is 7. The van der Waals surface area contributed by atoms with Gasteiger partial charge >= 0.3 is 5.97 Å². The third-order valence-electron chi connectivity index (χ3n) is 5.78. The summed E-state index contributed by atoms with van der Waals surface area (Å²) in [5.74, 6) is -0.566. The number of aliphatic hydroxyl groups is 1. The van der Waals surface area contributed by atoms with Gasteiger partial charge in [0.05, 0.1) is 25.4 Å². The SMILES string of the molecule is CO[C@H]1O[C@@H](COCc2ccccc2)[C@H](OCc2ccccc2)[C@@H](OC(=O)c2ccccc2)[C@@H]1O. The van der Waals surface area contributed by atoms with Crippen molar-refractivity contribution in [3.8, 4) is 0 Å². The van der Waals surface area contributed by atoms with E-state index in [0.717, 1.165) is 11.1 Å². The summed E-state index contributed by atoms with van der Waals surface area (Å²) in [6.07, 6.45) is -4.73. The summed E-state index contributed by atoms with van der Waals surface area (Å²) in [6.45, 7) is 0.773. The molecule has 0 aromatic heterocycles. The number of hydrogen-bond donors (Lipinski definition) is 1. The molecular formula is C28H30O7. The van der Waals surface area contributed by atoms with Gasteiger partial charge in [-0.1, -0.05) is 78.9 Å². The molecule has 0 amide bonds. The Bertz CT molecular complexity index is 1030. The highest BCUT2D eigenvalue weighted by Crippen LogP contribution is 2.28. The average molecular weight is 479 g/mol. The fourth-order valence-electron chi connectivity index (χ4n) is 3.96. The highest BCUT2D eigenvalue weighted by Gasteiger charge is 2.48. The van der Waals surface area contributed by atoms with Gasteiger partial charge in [0, 0.05) is 7.11 Å². The second kappa shape index (κ2) is 12.6. The maximum atomic E-state index is 12.9. The normalized spacial score (nSPS) is 24.1. The van der Waals surface area contributed by atoms with E-state index < -0.39 is 36.7 Å². The molecule has 35 heavy (non-hydrogen) atoms. The maximum absolute atomic E-state index is 12.9. The molecule has 1 saturated heterocycles. The molecule has 3 aromatic carbocycles. The summed E-state index contributed by atoms with van der Waals surface area (Å²) < 4.78 is 29.3. The molecule has 1 aliphatic rings. The third-order valence-corrected chi connectivity index (χ3v) is 5.78. The number of methoxy groups -OCH3 is 1. The molecule has 7 nitrogen and oxygen atoms in total. The number of rotatable bonds is 10. The topological polar surface area (TPSA) is 83.5 Å². The largest absolute Gasteiger partial charge is 0.453 e. The summed E-state index contributed by atoms with van der Waals surface area (Å²) in [4.78, 5) is 12.9. The number of carbonyl (C=O) groups is 1. The molecule has 0 spiro atoms. The molecule has 5 atom stereocenters. The van der Waals surface area contributed by atoms with Crippen LogP contribution >= 0.6 is 0 Å². The Kier molecular flexibility index (Phi) is 9.00. The monoisotopic (exact) mass is 478 g/mol. The zero-order valence-electron chi connectivity index (χ0n) is 19.6. The lowest BCUT2D eigenvalue weighted by molar-refractivity contribution is -0.304. The zero-order valence-corrected chi connectivity index (χ0v) is 19.6. The quantitative estimate of drug-likeness (QED) is 0.445. The van der Waals surface area contributed by atoms with E-state index in [1.165, 1.54) is 7.11 Å². The molecule has 1 N–H and O–H groups in total. The van der Waals surface area contributed by atoms with Crippen molar-refractivity contribution in [1.82, 2.24) is 0 Å². The summed E-state index contributed by atoms with van der Waals surface area (Å²) in [5.41, 5.74) is 2.33. The van der Waals surface area contributed by atoms with Crippen LogP contribution in [-0.2, 0) is 36.9 Å². The average Bonchev–Trinajstić information content (AvgIpc) is 2.91. The van der Waals surface area contributed by atoms with Gasteiger partial charge in [-0.2, -0.15) is 0 Å². The van der Waals surface area contributed by atoms with Crippen LogP contribution in [0, 0.1) is 0 Å². The number of aliphatic hydroxyl groups excluding tert-OH is 1. The molecule has 1 aliphatic heterocycles. The van der Waals surface area contributed by atoms with Gasteiger partial charge in [0.15, 0.2) is 12.4 Å². The fraction of sp³-hybridized carbons (Fsp3) is 0.321. The van der Waals surface area contributed by atoms with Gasteiger partial charge in [0.25, 0.3) is 0 Å². The second-order valence-corrected chi connectivity index (χ2v) is 8.27. The van der Waals surface area contributed by atoms with Crippen molar-refractivity contribution in [1.29, 1.82) is 0 Å². The van der Waals surface area contributed by atoms with Crippen molar-refractivity contribution < 1.29 is 33.6 Å². The molecule has 0 aliphatic carbocycles. The van der Waals surface area contributed by atoms with Crippen LogP contribution in [-0.4, -0.2) is 55.5 Å². The summed E-state index contributed by atoms with van der Waals surface area (Å²) in [6, 6.07) is 28.0. The molecule has 4 rings (SSSR count). The molecule has 0 radical (unpaired) electrons. The lowest BCUT2D eigenvalue weighted by Crippen LogP contribution is -2.61. The van der Waals surface area contributed by atoms with Crippen molar-refractivity contribution >= 4 is 5.97 Å². The van der Waals surface area contributed by atoms with Gasteiger partial charge in [-0.3, -0.25) is 0 Å². The van der Waals surface area contributed by atoms with Crippen LogP contribution in [0.1, 0.15) is 21.5 Å². The van der Waals surface area contributed by atoms with Gasteiger partial charge in [-0.05, 0) is 23.3 Å². The van der Waals surface area contributed by atoms with Crippen LogP contribution in [0.4, 0.5) is 0 Å². The van der Waals surface area contributed by atoms with Gasteiger partial charge in [-0.25, -0.2) is 4.79 Å². The van der Waals surface area contributed by atoms with Crippen molar-refractivity contribution in [2.45, 2.75) is 43.9 Å². The first-order chi connectivity index (χ1) is 17.2. The third kappa shape index (κ3) is 6.75. The Morgan fingerprint density at radius 1 is 0.829 bits per heavy atom. The maximum Gasteiger partial charge on any atom is 0.338 e. The van der Waals surface area contributed by atoms with E-state index in [0.29, 0.717) is 12.2 Å². The van der Waals surface area contributed by atoms with Crippen molar-refractivity contribution in [2.75, 3.05) is 13.7 Å². The van der Waals surface area contributed by atoms with Crippen LogP contribution < -0.4 is 0 Å². The molecule has 3 aromatic rings. The van der Waals surface area contributed by atoms with Crippen LogP contribution in [0.5, 0.6) is 0 Å². The predicted molar refractivity (Wildman–Crippen MR) is 128 cm³/mol. The van der Waals surface area contributed by atoms with Gasteiger partial charge in [0.2, 0.25) is 0 Å². The van der Waals surface area contributed by atoms with E-state index >= 15 is 0 Å². The number of esters is 1. The molecule has 1 heterocycles. The zero-order chi connectivity index (χ0) is 24.5. The van der Waals surface area contributed by atoms with Gasteiger partial charge in [0.1, 0.15) is 18.3 Å². The van der Waals surface area contributed by atoms with E-state index in [2.05, 4.69) is 0 Å². The number of carbonyl (C=O) groups excluding carboxylic acids is 1. The molecule has 184 valence electrons. The first kappa shape index (κ1) is 25.0. The highest BCUT2D eigenvalue weighted by atomic mass is 16.7. The van der Waals surface area contributed by atoms with Gasteiger partial charge < -0.3 is 28.8 Å². The van der Waals surface area contributed by atoms with Crippen LogP contribution in [0.2, 0.25) is 0 Å². The first-order valence-electron chi connectivity index (χ1n) is 11.5. The summed E-state index contributed by atoms with van der Waals surface area (Å²) >= 11 is 0. The second-order valence-electron chi connectivity index (χ2n) is 8.27. The molecular weight excluding hydrogens is 448 g/mol. The van der Waals surface area contributed by atoms with E-state index in [1.54, 1.807) is 24.3 Å². The molecule has 0 saturated carbocycles. The Hall–Kier alpha value is -3.07. The van der Waals surface area contributed by atoms with E-state index in [9.17, 15) is 9.90 Å². The summed E-state index contributed by atoms with van der Waals surface area (Å²) in [7, 11) is 1.43. The Morgan fingerprint density at radius 3 is 2.00 bits per heavy atom. The van der Waals surface area contributed by atoms with Crippen LogP contribution in [0.3, 0.4) is 0 Å². The highest BCUT2D eigenvalue weighted by molar-refractivity contribution is 5.89. The molecule has 0 unspecified atom stereocenters. The van der Waals surface area contributed by atoms with E-state index in [4.69, 9.17) is 23.7 Å². The van der Waals surface area contributed by atoms with Crippen molar-refractivity contribution in [3.05, 3.63) is 108 Å². The smallest absolute Gasteiger partial charge is 0.338 e. The minimum absolute atomic E-state index is 0.153. The number of ether oxygens (including phenoxy) is 5. The van der Waals surface area contributed by atoms with Crippen molar-refractivity contribution in [3.63, 3.8) is 0 Å². The lowest BCUT2D eigenvalue weighted by atomic mass is 9.98. The first-order valence-corrected chi connectivity index (χ1v) is 11.5. The minimum Gasteiger partial charge on any atom is -0.453 e. The molecule has 0 bridgehead atoms. The summed E-state index contributed by atoms with van der Waals surface area (Å²) in [5, 5.41) is 11.0. The molecule has 1 fully saturated rings. The Morgan fingerprint density at radius 2 is 1.40 bits per heavy atom. The number of benzene rings is 3.